The summed E-state index contributed by atoms with van der Waals surface area (Å²) >= 11 is 1.25. The molecule has 12 nitrogen and oxygen atoms in total. The van der Waals surface area contributed by atoms with Crippen LogP contribution in [0.4, 0.5) is 9.93 Å². The first-order valence-electron chi connectivity index (χ1n) is 13.7. The molecule has 1 aromatic carbocycles. The predicted octanol–water partition coefficient (Wildman–Crippen LogP) is 3.46. The van der Waals surface area contributed by atoms with E-state index in [1.54, 1.807) is 37.1 Å². The van der Waals surface area contributed by atoms with Gasteiger partial charge in [-0.15, -0.1) is 0 Å². The molecule has 0 radical (unpaired) electrons. The van der Waals surface area contributed by atoms with Crippen LogP contribution in [-0.2, 0) is 31.6 Å². The van der Waals surface area contributed by atoms with Crippen molar-refractivity contribution in [1.29, 1.82) is 0 Å². The normalized spacial score (nSPS) is 22.2. The molecule has 2 aliphatic heterocycles. The minimum atomic E-state index is -4.02. The zero-order valence-electron chi connectivity index (χ0n) is 24.3. The van der Waals surface area contributed by atoms with Gasteiger partial charge in [0.25, 0.3) is 10.2 Å². The molecule has 0 unspecified atom stereocenters. The largest absolute Gasteiger partial charge is 0.464 e. The van der Waals surface area contributed by atoms with Crippen molar-refractivity contribution in [2.24, 2.45) is 5.92 Å². The highest BCUT2D eigenvalue weighted by Gasteiger charge is 2.56. The summed E-state index contributed by atoms with van der Waals surface area (Å²) in [5.74, 6) is -0.955. The van der Waals surface area contributed by atoms with Gasteiger partial charge in [0.1, 0.15) is 0 Å². The summed E-state index contributed by atoms with van der Waals surface area (Å²) in [5.41, 5.74) is 1.08. The Balaban J connectivity index is 1.59. The molecule has 41 heavy (non-hydrogen) atoms. The third-order valence-corrected chi connectivity index (χ3v) is 14.5. The minimum Gasteiger partial charge on any atom is -0.464 e. The number of carbonyl (C=O) groups is 2. The van der Waals surface area contributed by atoms with Gasteiger partial charge < -0.3 is 5.11 Å². The number of hydrogen-bond acceptors (Lipinski definition) is 8. The second kappa shape index (κ2) is 11.5. The number of rotatable bonds is 11. The number of carboxylic acid groups (broad SMARTS) is 1. The highest BCUT2D eigenvalue weighted by molar-refractivity contribution is 7.89. The van der Waals surface area contributed by atoms with Gasteiger partial charge in [0, 0.05) is 28.2 Å². The number of amides is 2. The second-order valence-electron chi connectivity index (χ2n) is 12.0. The molecule has 0 saturated carbocycles. The lowest BCUT2D eigenvalue weighted by molar-refractivity contribution is -0.120. The molecule has 16 heteroatoms. The number of anilines is 1. The van der Waals surface area contributed by atoms with Gasteiger partial charge >= 0.3 is 6.09 Å². The van der Waals surface area contributed by atoms with Crippen LogP contribution in [0.15, 0.2) is 18.2 Å². The summed E-state index contributed by atoms with van der Waals surface area (Å²) in [6.07, 6.45) is -0.358. The molecule has 1 N–H and O–H groups in total. The van der Waals surface area contributed by atoms with Crippen molar-refractivity contribution in [2.45, 2.75) is 71.0 Å². The van der Waals surface area contributed by atoms with Crippen molar-refractivity contribution in [3.05, 3.63) is 23.8 Å². The topological polar surface area (TPSA) is 148 Å². The molecular weight excluding hydrogens is 607 g/mol. The van der Waals surface area contributed by atoms with Crippen LogP contribution < -0.4 is 4.90 Å². The standard InChI is InChI=1S/C25H39N5O7S3Si/c1-7-11-27(3)40(36,37)28-12-10-20-22(28)17(2)23(31)30(20)24-26-19-9-8-18(15-21(19)38-24)16-29(25(32)33)39(34,35)13-14-41(4,5)6/h8-9,15,17,20,22H,7,10-14,16H2,1-6H3,(H,32,33)/t17-,20-,22+/m0/s1. The lowest BCUT2D eigenvalue weighted by atomic mass is 10.0. The Morgan fingerprint density at radius 2 is 1.90 bits per heavy atom. The van der Waals surface area contributed by atoms with Gasteiger partial charge in [-0.3, -0.25) is 9.69 Å². The van der Waals surface area contributed by atoms with Crippen molar-refractivity contribution in [3.63, 3.8) is 0 Å². The average Bonchev–Trinajstić information content (AvgIpc) is 3.55. The molecule has 2 amide bonds. The summed E-state index contributed by atoms with van der Waals surface area (Å²) in [7, 11) is -7.89. The Labute approximate surface area is 247 Å². The van der Waals surface area contributed by atoms with E-state index in [4.69, 9.17) is 0 Å². The van der Waals surface area contributed by atoms with Gasteiger partial charge in [0.05, 0.1) is 40.5 Å². The van der Waals surface area contributed by atoms with Gasteiger partial charge in [-0.25, -0.2) is 22.5 Å². The maximum Gasteiger partial charge on any atom is 0.421 e. The van der Waals surface area contributed by atoms with Crippen LogP contribution in [0.3, 0.4) is 0 Å². The smallest absolute Gasteiger partial charge is 0.421 e. The van der Waals surface area contributed by atoms with Crippen LogP contribution in [0, 0.1) is 5.92 Å². The Bertz CT molecular complexity index is 1540. The molecule has 228 valence electrons. The van der Waals surface area contributed by atoms with E-state index in [0.717, 1.165) is 0 Å². The fourth-order valence-electron chi connectivity index (χ4n) is 5.43. The van der Waals surface area contributed by atoms with E-state index in [-0.39, 0.29) is 24.2 Å². The molecule has 3 atom stereocenters. The van der Waals surface area contributed by atoms with E-state index >= 15 is 0 Å². The fraction of sp³-hybridized carbons (Fsp3) is 0.640. The SMILES string of the molecule is CCCN(C)S(=O)(=O)N1CC[C@H]2[C@H]1[C@H](C)C(=O)N2c1nc2ccc(CN(C(=O)O)S(=O)(=O)CC[Si](C)(C)C)cc2s1. The summed E-state index contributed by atoms with van der Waals surface area (Å²) in [6, 6.07) is 4.63. The molecule has 2 saturated heterocycles. The number of carbonyl (C=O) groups excluding carboxylic acids is 1. The van der Waals surface area contributed by atoms with Crippen molar-refractivity contribution in [3.8, 4) is 0 Å². The second-order valence-corrected chi connectivity index (χ2v) is 22.6. The third-order valence-electron chi connectivity index (χ3n) is 7.70. The highest BCUT2D eigenvalue weighted by atomic mass is 32.2. The number of sulfonamides is 1. The number of thiazole rings is 1. The van der Waals surface area contributed by atoms with E-state index in [1.165, 1.54) is 19.9 Å². The van der Waals surface area contributed by atoms with Crippen molar-refractivity contribution in [2.75, 3.05) is 30.8 Å². The first-order valence-corrected chi connectivity index (χ1v) is 21.2. The first kappa shape index (κ1) is 31.8. The van der Waals surface area contributed by atoms with Gasteiger partial charge in [0.2, 0.25) is 15.9 Å². The lowest BCUT2D eigenvalue weighted by Gasteiger charge is -2.29. The van der Waals surface area contributed by atoms with Crippen LogP contribution in [0.25, 0.3) is 10.2 Å². The highest BCUT2D eigenvalue weighted by Crippen LogP contribution is 2.43. The summed E-state index contributed by atoms with van der Waals surface area (Å²) in [5, 5.41) is 10.1. The summed E-state index contributed by atoms with van der Waals surface area (Å²) in [4.78, 5) is 31.6. The fourth-order valence-corrected chi connectivity index (χ4v) is 12.6. The molecule has 3 heterocycles. The number of benzene rings is 1. The zero-order chi connectivity index (χ0) is 30.5. The van der Waals surface area contributed by atoms with E-state index in [0.29, 0.717) is 57.2 Å². The van der Waals surface area contributed by atoms with Crippen molar-refractivity contribution >= 4 is 67.0 Å². The maximum atomic E-state index is 13.4. The summed E-state index contributed by atoms with van der Waals surface area (Å²) in [6.45, 7) is 10.1. The van der Waals surface area contributed by atoms with Crippen molar-refractivity contribution < 1.29 is 31.5 Å². The molecular formula is C25H39N5O7S3Si. The number of aromatic nitrogens is 1. The van der Waals surface area contributed by atoms with E-state index < -0.39 is 46.4 Å². The monoisotopic (exact) mass is 645 g/mol. The Morgan fingerprint density at radius 3 is 2.51 bits per heavy atom. The van der Waals surface area contributed by atoms with E-state index in [1.807, 2.05) is 26.6 Å². The lowest BCUT2D eigenvalue weighted by Crippen LogP contribution is -2.48. The molecule has 0 aliphatic carbocycles. The van der Waals surface area contributed by atoms with Crippen molar-refractivity contribution in [1.82, 2.24) is 17.9 Å². The van der Waals surface area contributed by atoms with Gasteiger partial charge in [-0.05, 0) is 36.6 Å². The van der Waals surface area contributed by atoms with Crippen LogP contribution in [-0.4, -0.2) is 97.9 Å². The Morgan fingerprint density at radius 1 is 1.22 bits per heavy atom. The quantitative estimate of drug-likeness (QED) is 0.366. The molecule has 0 spiro atoms. The van der Waals surface area contributed by atoms with Crippen LogP contribution in [0.1, 0.15) is 32.3 Å². The Hall–Kier alpha value is -2.11. The third kappa shape index (κ3) is 6.32. The minimum absolute atomic E-state index is 0.192. The molecule has 1 aromatic heterocycles. The molecule has 4 rings (SSSR count). The molecule has 2 aliphatic rings. The van der Waals surface area contributed by atoms with Crippen LogP contribution in [0.5, 0.6) is 0 Å². The van der Waals surface area contributed by atoms with Gasteiger partial charge in [0.15, 0.2) is 5.13 Å². The van der Waals surface area contributed by atoms with E-state index in [2.05, 4.69) is 4.98 Å². The van der Waals surface area contributed by atoms with Crippen LogP contribution in [0.2, 0.25) is 25.7 Å². The first-order chi connectivity index (χ1) is 19.0. The number of fused-ring (bicyclic) bond motifs is 2. The summed E-state index contributed by atoms with van der Waals surface area (Å²) < 4.78 is 56.2. The molecule has 2 aromatic rings. The van der Waals surface area contributed by atoms with Gasteiger partial charge in [-0.2, -0.15) is 17.0 Å². The number of nitrogens with zero attached hydrogens (tertiary/aromatic N) is 5. The number of hydrogen-bond donors (Lipinski definition) is 1. The Kier molecular flexibility index (Phi) is 8.94. The maximum absolute atomic E-state index is 13.4. The predicted molar refractivity (Wildman–Crippen MR) is 163 cm³/mol. The zero-order valence-corrected chi connectivity index (χ0v) is 27.7. The molecule has 0 bridgehead atoms. The van der Waals surface area contributed by atoms with E-state index in [9.17, 15) is 31.5 Å². The van der Waals surface area contributed by atoms with Gasteiger partial charge in [-0.1, -0.05) is 50.9 Å². The van der Waals surface area contributed by atoms with Crippen LogP contribution >= 0.6 is 11.3 Å². The average molecular weight is 646 g/mol. The molecule has 2 fully saturated rings.